The van der Waals surface area contributed by atoms with Gasteiger partial charge in [-0.1, -0.05) is 64.7 Å². The van der Waals surface area contributed by atoms with E-state index >= 15 is 0 Å². The van der Waals surface area contributed by atoms with E-state index in [1.165, 1.54) is 64.2 Å². The van der Waals surface area contributed by atoms with Crippen LogP contribution in [0.3, 0.4) is 0 Å². The Morgan fingerprint density at radius 2 is 1.44 bits per heavy atom. The largest absolute Gasteiger partial charge is 0.348 e. The Kier molecular flexibility index (Phi) is 7.92. The maximum Gasteiger partial charge on any atom is 0.163 e. The van der Waals surface area contributed by atoms with Crippen LogP contribution in [0.5, 0.6) is 0 Å². The predicted molar refractivity (Wildman–Crippen MR) is 76.7 cm³/mol. The van der Waals surface area contributed by atoms with Gasteiger partial charge in [-0.05, 0) is 20.3 Å². The molecule has 0 unspecified atom stereocenters. The Bertz CT molecular complexity index is 201. The van der Waals surface area contributed by atoms with Crippen LogP contribution in [-0.2, 0) is 9.47 Å². The molecule has 1 aliphatic rings. The Hall–Kier alpha value is -0.0800. The fraction of sp³-hybridized carbons (Fsp3) is 1.00. The fourth-order valence-corrected chi connectivity index (χ4v) is 2.59. The second-order valence-corrected chi connectivity index (χ2v) is 6.07. The molecule has 0 saturated carbocycles. The van der Waals surface area contributed by atoms with Crippen LogP contribution in [0, 0.1) is 0 Å². The fourth-order valence-electron chi connectivity index (χ4n) is 2.59. The third kappa shape index (κ3) is 7.38. The van der Waals surface area contributed by atoms with Gasteiger partial charge < -0.3 is 9.47 Å². The summed E-state index contributed by atoms with van der Waals surface area (Å²) in [6.07, 6.45) is 14.0. The van der Waals surface area contributed by atoms with Crippen molar-refractivity contribution in [2.45, 2.75) is 96.9 Å². The van der Waals surface area contributed by atoms with Crippen molar-refractivity contribution < 1.29 is 9.47 Å². The van der Waals surface area contributed by atoms with Gasteiger partial charge in [0.05, 0.1) is 12.7 Å². The minimum absolute atomic E-state index is 0.338. The van der Waals surface area contributed by atoms with Crippen LogP contribution in [0.1, 0.15) is 85.0 Å². The molecule has 0 aromatic carbocycles. The van der Waals surface area contributed by atoms with Crippen molar-refractivity contribution in [2.24, 2.45) is 0 Å². The lowest BCUT2D eigenvalue weighted by Crippen LogP contribution is -2.21. The van der Waals surface area contributed by atoms with Gasteiger partial charge in [-0.2, -0.15) is 0 Å². The molecule has 2 nitrogen and oxygen atoms in total. The average molecular weight is 256 g/mol. The lowest BCUT2D eigenvalue weighted by Gasteiger charge is -2.16. The Balaban J connectivity index is 1.82. The molecule has 0 amide bonds. The molecule has 0 aromatic rings. The minimum Gasteiger partial charge on any atom is -0.348 e. The maximum absolute atomic E-state index is 5.80. The van der Waals surface area contributed by atoms with Crippen LogP contribution in [0.15, 0.2) is 0 Å². The predicted octanol–water partition coefficient (Wildman–Crippen LogP) is 5.06. The van der Waals surface area contributed by atoms with Crippen LogP contribution in [0.4, 0.5) is 0 Å². The van der Waals surface area contributed by atoms with E-state index in [0.717, 1.165) is 6.61 Å². The Labute approximate surface area is 113 Å². The summed E-state index contributed by atoms with van der Waals surface area (Å²) in [4.78, 5) is 0. The van der Waals surface area contributed by atoms with Gasteiger partial charge in [0.25, 0.3) is 0 Å². The van der Waals surface area contributed by atoms with Gasteiger partial charge in [0.15, 0.2) is 5.79 Å². The third-order valence-electron chi connectivity index (χ3n) is 3.70. The van der Waals surface area contributed by atoms with Crippen LogP contribution < -0.4 is 0 Å². The monoisotopic (exact) mass is 256 g/mol. The summed E-state index contributed by atoms with van der Waals surface area (Å²) in [6.45, 7) is 7.06. The summed E-state index contributed by atoms with van der Waals surface area (Å²) in [6, 6.07) is 0. The van der Waals surface area contributed by atoms with Crippen molar-refractivity contribution in [1.29, 1.82) is 0 Å². The van der Waals surface area contributed by atoms with E-state index in [2.05, 4.69) is 6.92 Å². The zero-order valence-electron chi connectivity index (χ0n) is 12.7. The first-order valence-corrected chi connectivity index (χ1v) is 7.96. The highest BCUT2D eigenvalue weighted by Gasteiger charge is 2.31. The first kappa shape index (κ1) is 16.0. The molecule has 0 aliphatic carbocycles. The van der Waals surface area contributed by atoms with E-state index in [9.17, 15) is 0 Å². The molecular formula is C16H32O2. The first-order valence-electron chi connectivity index (χ1n) is 7.96. The van der Waals surface area contributed by atoms with Crippen molar-refractivity contribution in [1.82, 2.24) is 0 Å². The number of rotatable bonds is 10. The lowest BCUT2D eigenvalue weighted by molar-refractivity contribution is -0.139. The molecule has 0 N–H and O–H groups in total. The van der Waals surface area contributed by atoms with Crippen LogP contribution in [-0.4, -0.2) is 18.5 Å². The van der Waals surface area contributed by atoms with Gasteiger partial charge in [0, 0.05) is 0 Å². The topological polar surface area (TPSA) is 18.5 Å². The summed E-state index contributed by atoms with van der Waals surface area (Å²) in [5.41, 5.74) is 0. The zero-order valence-corrected chi connectivity index (χ0v) is 12.7. The quantitative estimate of drug-likeness (QED) is 0.509. The number of ether oxygens (including phenoxy) is 2. The second-order valence-electron chi connectivity index (χ2n) is 6.07. The summed E-state index contributed by atoms with van der Waals surface area (Å²) in [7, 11) is 0. The molecular weight excluding hydrogens is 224 g/mol. The highest BCUT2D eigenvalue weighted by Crippen LogP contribution is 2.25. The van der Waals surface area contributed by atoms with E-state index in [0.29, 0.717) is 6.10 Å². The Morgan fingerprint density at radius 1 is 0.889 bits per heavy atom. The van der Waals surface area contributed by atoms with Crippen LogP contribution in [0.2, 0.25) is 0 Å². The Morgan fingerprint density at radius 3 is 1.94 bits per heavy atom. The lowest BCUT2D eigenvalue weighted by atomic mass is 10.1. The summed E-state index contributed by atoms with van der Waals surface area (Å²) in [5, 5.41) is 0. The molecule has 0 radical (unpaired) electrons. The molecule has 1 saturated heterocycles. The standard InChI is InChI=1S/C16H32O2/c1-4-5-6-7-8-9-10-11-12-13-15-14-17-16(2,3)18-15/h15H,4-14H2,1-3H3/t15-/m0/s1. The third-order valence-corrected chi connectivity index (χ3v) is 3.70. The summed E-state index contributed by atoms with van der Waals surface area (Å²) < 4.78 is 11.4. The van der Waals surface area contributed by atoms with Crippen molar-refractivity contribution >= 4 is 0 Å². The molecule has 0 bridgehead atoms. The van der Waals surface area contributed by atoms with Crippen LogP contribution in [0.25, 0.3) is 0 Å². The molecule has 18 heavy (non-hydrogen) atoms. The molecule has 1 fully saturated rings. The molecule has 0 spiro atoms. The van der Waals surface area contributed by atoms with Gasteiger partial charge in [0.1, 0.15) is 0 Å². The highest BCUT2D eigenvalue weighted by atomic mass is 16.7. The molecule has 0 aromatic heterocycles. The molecule has 2 heteroatoms. The summed E-state index contributed by atoms with van der Waals surface area (Å²) in [5.74, 6) is -0.343. The zero-order chi connectivity index (χ0) is 13.3. The number of hydrogen-bond donors (Lipinski definition) is 0. The normalized spacial score (nSPS) is 22.5. The van der Waals surface area contributed by atoms with E-state index < -0.39 is 0 Å². The van der Waals surface area contributed by atoms with E-state index in [4.69, 9.17) is 9.47 Å². The number of unbranched alkanes of at least 4 members (excludes halogenated alkanes) is 8. The SMILES string of the molecule is CCCCCCCCCCC[C@H]1COC(C)(C)O1. The van der Waals surface area contributed by atoms with Gasteiger partial charge in [-0.3, -0.25) is 0 Å². The number of hydrogen-bond acceptors (Lipinski definition) is 2. The van der Waals surface area contributed by atoms with Gasteiger partial charge in [-0.15, -0.1) is 0 Å². The average Bonchev–Trinajstić information content (AvgIpc) is 2.67. The minimum atomic E-state index is -0.343. The smallest absolute Gasteiger partial charge is 0.163 e. The first-order chi connectivity index (χ1) is 8.64. The van der Waals surface area contributed by atoms with Crippen molar-refractivity contribution in [3.8, 4) is 0 Å². The van der Waals surface area contributed by atoms with Crippen LogP contribution >= 0.6 is 0 Å². The van der Waals surface area contributed by atoms with Gasteiger partial charge in [0.2, 0.25) is 0 Å². The van der Waals surface area contributed by atoms with Crippen molar-refractivity contribution in [2.75, 3.05) is 6.61 Å². The maximum atomic E-state index is 5.80. The van der Waals surface area contributed by atoms with Crippen molar-refractivity contribution in [3.63, 3.8) is 0 Å². The van der Waals surface area contributed by atoms with Gasteiger partial charge in [-0.25, -0.2) is 0 Å². The summed E-state index contributed by atoms with van der Waals surface area (Å²) >= 11 is 0. The van der Waals surface area contributed by atoms with Crippen molar-refractivity contribution in [3.05, 3.63) is 0 Å². The van der Waals surface area contributed by atoms with Gasteiger partial charge >= 0.3 is 0 Å². The second kappa shape index (κ2) is 8.92. The molecule has 1 rings (SSSR count). The molecule has 1 aliphatic heterocycles. The van der Waals surface area contributed by atoms with E-state index in [1.54, 1.807) is 0 Å². The highest BCUT2D eigenvalue weighted by molar-refractivity contribution is 4.70. The van der Waals surface area contributed by atoms with E-state index in [1.807, 2.05) is 13.8 Å². The molecule has 1 heterocycles. The van der Waals surface area contributed by atoms with E-state index in [-0.39, 0.29) is 5.79 Å². The molecule has 108 valence electrons. The molecule has 1 atom stereocenters.